The minimum absolute atomic E-state index is 0.354. The first-order chi connectivity index (χ1) is 12.3. The van der Waals surface area contributed by atoms with Crippen LogP contribution in [0, 0.1) is 6.92 Å². The molecule has 2 aromatic heterocycles. The molecule has 5 nitrogen and oxygen atoms in total. The zero-order valence-corrected chi connectivity index (χ0v) is 15.6. The van der Waals surface area contributed by atoms with Crippen molar-refractivity contribution in [3.8, 4) is 0 Å². The number of aryl methyl sites for hydroxylation is 1. The molecule has 6 heteroatoms. The van der Waals surface area contributed by atoms with E-state index < -0.39 is 0 Å². The van der Waals surface area contributed by atoms with Gasteiger partial charge in [0.05, 0.1) is 23.4 Å². The van der Waals surface area contributed by atoms with Crippen LogP contribution in [0.2, 0.25) is 0 Å². The minimum atomic E-state index is 0.354. The number of likely N-dealkylation sites (tertiary alicyclic amines) is 1. The van der Waals surface area contributed by atoms with Crippen molar-refractivity contribution in [2.45, 2.75) is 45.0 Å². The van der Waals surface area contributed by atoms with Gasteiger partial charge in [-0.1, -0.05) is 6.07 Å². The van der Waals surface area contributed by atoms with Gasteiger partial charge in [0.1, 0.15) is 0 Å². The monoisotopic (exact) mass is 358 g/mol. The smallest absolute Gasteiger partial charge is 0.0897 e. The van der Waals surface area contributed by atoms with Gasteiger partial charge < -0.3 is 4.74 Å². The van der Waals surface area contributed by atoms with E-state index in [-0.39, 0.29) is 0 Å². The molecular formula is C19H26N4OS. The van der Waals surface area contributed by atoms with Crippen LogP contribution in [-0.2, 0) is 17.8 Å². The number of morpholine rings is 1. The average molecular weight is 359 g/mol. The number of hydrogen-bond acceptors (Lipinski definition) is 6. The maximum atomic E-state index is 6.13. The first-order valence-electron chi connectivity index (χ1n) is 9.16. The number of pyridine rings is 1. The van der Waals surface area contributed by atoms with Crippen LogP contribution in [0.1, 0.15) is 29.1 Å². The average Bonchev–Trinajstić information content (AvgIpc) is 2.92. The van der Waals surface area contributed by atoms with E-state index in [4.69, 9.17) is 4.74 Å². The van der Waals surface area contributed by atoms with Gasteiger partial charge >= 0.3 is 0 Å². The summed E-state index contributed by atoms with van der Waals surface area (Å²) in [5.74, 6) is 0. The lowest BCUT2D eigenvalue weighted by Gasteiger charge is -2.40. The molecule has 2 atom stereocenters. The lowest BCUT2D eigenvalue weighted by atomic mass is 10.0. The largest absolute Gasteiger partial charge is 0.375 e. The molecular weight excluding hydrogens is 332 g/mol. The first kappa shape index (κ1) is 17.1. The van der Waals surface area contributed by atoms with Crippen LogP contribution in [0.3, 0.4) is 0 Å². The van der Waals surface area contributed by atoms with Gasteiger partial charge in [0.2, 0.25) is 0 Å². The summed E-state index contributed by atoms with van der Waals surface area (Å²) in [6.07, 6.45) is 6.45. The van der Waals surface area contributed by atoms with E-state index in [0.717, 1.165) is 57.2 Å². The van der Waals surface area contributed by atoms with Crippen molar-refractivity contribution in [2.24, 2.45) is 0 Å². The van der Waals surface area contributed by atoms with Crippen LogP contribution in [0.25, 0.3) is 0 Å². The number of nitrogens with zero attached hydrogens (tertiary/aromatic N) is 4. The Morgan fingerprint density at radius 1 is 1.24 bits per heavy atom. The SMILES string of the molecule is Cc1nc(CN2CCC3OCCN(Cc4cccnc4)C3CC2)cs1. The Morgan fingerprint density at radius 3 is 2.96 bits per heavy atom. The molecule has 25 heavy (non-hydrogen) atoms. The molecule has 4 heterocycles. The molecule has 0 spiro atoms. The summed E-state index contributed by atoms with van der Waals surface area (Å²) in [7, 11) is 0. The molecule has 0 radical (unpaired) electrons. The van der Waals surface area contributed by atoms with E-state index in [1.807, 2.05) is 18.5 Å². The molecule has 4 rings (SSSR count). The molecule has 2 unspecified atom stereocenters. The third-order valence-electron chi connectivity index (χ3n) is 5.24. The predicted octanol–water partition coefficient (Wildman–Crippen LogP) is 2.71. The molecule has 0 amide bonds. The van der Waals surface area contributed by atoms with Gasteiger partial charge in [0.15, 0.2) is 0 Å². The number of thiazole rings is 1. The summed E-state index contributed by atoms with van der Waals surface area (Å²) in [5.41, 5.74) is 2.50. The van der Waals surface area contributed by atoms with Gasteiger partial charge in [-0.15, -0.1) is 11.3 Å². The van der Waals surface area contributed by atoms with Crippen molar-refractivity contribution in [2.75, 3.05) is 26.2 Å². The van der Waals surface area contributed by atoms with Crippen LogP contribution >= 0.6 is 11.3 Å². The fourth-order valence-corrected chi connectivity index (χ4v) is 4.61. The number of hydrogen-bond donors (Lipinski definition) is 0. The summed E-state index contributed by atoms with van der Waals surface area (Å²) in [4.78, 5) is 14.0. The van der Waals surface area contributed by atoms with Crippen molar-refractivity contribution in [1.82, 2.24) is 19.8 Å². The quantitative estimate of drug-likeness (QED) is 0.841. The lowest BCUT2D eigenvalue weighted by molar-refractivity contribution is -0.0747. The van der Waals surface area contributed by atoms with Crippen LogP contribution < -0.4 is 0 Å². The summed E-state index contributed by atoms with van der Waals surface area (Å²) < 4.78 is 6.13. The van der Waals surface area contributed by atoms with E-state index in [9.17, 15) is 0 Å². The third kappa shape index (κ3) is 4.26. The Morgan fingerprint density at radius 2 is 2.16 bits per heavy atom. The maximum Gasteiger partial charge on any atom is 0.0897 e. The standard InChI is InChI=1S/C19H26N4OS/c1-15-21-17(14-25-15)13-22-7-4-18-19(5-8-22)24-10-9-23(18)12-16-3-2-6-20-11-16/h2-3,6,11,14,18-19H,4-5,7-10,12-13H2,1H3. The zero-order chi connectivity index (χ0) is 17.1. The number of rotatable bonds is 4. The minimum Gasteiger partial charge on any atom is -0.375 e. The molecule has 2 aliphatic heterocycles. The number of fused-ring (bicyclic) bond motifs is 1. The molecule has 0 bridgehead atoms. The Bertz CT molecular complexity index is 677. The van der Waals surface area contributed by atoms with Gasteiger partial charge in [-0.3, -0.25) is 14.8 Å². The van der Waals surface area contributed by atoms with Crippen molar-refractivity contribution in [1.29, 1.82) is 0 Å². The van der Waals surface area contributed by atoms with Crippen LogP contribution in [-0.4, -0.2) is 58.2 Å². The third-order valence-corrected chi connectivity index (χ3v) is 6.06. The van der Waals surface area contributed by atoms with E-state index >= 15 is 0 Å². The molecule has 2 fully saturated rings. The topological polar surface area (TPSA) is 41.5 Å². The highest BCUT2D eigenvalue weighted by atomic mass is 32.1. The molecule has 0 N–H and O–H groups in total. The van der Waals surface area contributed by atoms with Crippen molar-refractivity contribution < 1.29 is 4.74 Å². The van der Waals surface area contributed by atoms with E-state index in [2.05, 4.69) is 38.1 Å². The zero-order valence-electron chi connectivity index (χ0n) is 14.8. The second kappa shape index (κ2) is 7.91. The molecule has 134 valence electrons. The van der Waals surface area contributed by atoms with Crippen molar-refractivity contribution in [3.05, 3.63) is 46.2 Å². The summed E-state index contributed by atoms with van der Waals surface area (Å²) >= 11 is 1.74. The predicted molar refractivity (Wildman–Crippen MR) is 99.5 cm³/mol. The number of ether oxygens (including phenoxy) is 1. The second-order valence-corrected chi connectivity index (χ2v) is 8.08. The van der Waals surface area contributed by atoms with Gasteiger partial charge in [-0.2, -0.15) is 0 Å². The van der Waals surface area contributed by atoms with E-state index in [0.29, 0.717) is 12.1 Å². The van der Waals surface area contributed by atoms with Crippen LogP contribution in [0.5, 0.6) is 0 Å². The molecule has 2 aliphatic rings. The van der Waals surface area contributed by atoms with Crippen molar-refractivity contribution in [3.63, 3.8) is 0 Å². The summed E-state index contributed by atoms with van der Waals surface area (Å²) in [6, 6.07) is 4.71. The van der Waals surface area contributed by atoms with Crippen LogP contribution in [0.4, 0.5) is 0 Å². The summed E-state index contributed by atoms with van der Waals surface area (Å²) in [6.45, 7) is 8.09. The maximum absolute atomic E-state index is 6.13. The fraction of sp³-hybridized carbons (Fsp3) is 0.579. The fourth-order valence-electron chi connectivity index (χ4n) is 4.00. The van der Waals surface area contributed by atoms with Gasteiger partial charge in [-0.05, 0) is 31.4 Å². The number of aromatic nitrogens is 2. The van der Waals surface area contributed by atoms with E-state index in [1.165, 1.54) is 11.3 Å². The Kier molecular flexibility index (Phi) is 5.41. The molecule has 0 aliphatic carbocycles. The Labute approximate surface area is 153 Å². The van der Waals surface area contributed by atoms with Crippen molar-refractivity contribution >= 4 is 11.3 Å². The lowest BCUT2D eigenvalue weighted by Crippen LogP contribution is -2.50. The highest BCUT2D eigenvalue weighted by molar-refractivity contribution is 7.09. The molecule has 2 saturated heterocycles. The molecule has 0 saturated carbocycles. The highest BCUT2D eigenvalue weighted by Crippen LogP contribution is 2.26. The van der Waals surface area contributed by atoms with Crippen LogP contribution in [0.15, 0.2) is 29.9 Å². The second-order valence-electron chi connectivity index (χ2n) is 7.02. The highest BCUT2D eigenvalue weighted by Gasteiger charge is 2.34. The summed E-state index contributed by atoms with van der Waals surface area (Å²) in [5, 5.41) is 3.35. The Balaban J connectivity index is 1.40. The molecule has 0 aromatic carbocycles. The van der Waals surface area contributed by atoms with Gasteiger partial charge in [-0.25, -0.2) is 4.98 Å². The van der Waals surface area contributed by atoms with E-state index in [1.54, 1.807) is 11.3 Å². The van der Waals surface area contributed by atoms with Gasteiger partial charge in [0, 0.05) is 56.5 Å². The normalized spacial score (nSPS) is 25.5. The first-order valence-corrected chi connectivity index (χ1v) is 10.0. The molecule has 2 aromatic rings. The van der Waals surface area contributed by atoms with Gasteiger partial charge in [0.25, 0.3) is 0 Å². The Hall–Kier alpha value is -1.34.